The fraction of sp³-hybridized carbons (Fsp3) is 0.333. The van der Waals surface area contributed by atoms with Crippen LogP contribution in [0.5, 0.6) is 5.75 Å². The molecule has 0 aliphatic carbocycles. The smallest absolute Gasteiger partial charge is 0.119 e. The largest absolute Gasteiger partial charge is 0.494 e. The highest BCUT2D eigenvalue weighted by molar-refractivity contribution is 6.51. The molecule has 0 saturated heterocycles. The summed E-state index contributed by atoms with van der Waals surface area (Å²) in [4.78, 5) is 0. The van der Waals surface area contributed by atoms with Gasteiger partial charge in [0, 0.05) is 5.03 Å². The van der Waals surface area contributed by atoms with Crippen LogP contribution < -0.4 is 4.74 Å². The molecule has 23 heavy (non-hydrogen) atoms. The number of aryl methyl sites for hydroxylation is 1. The summed E-state index contributed by atoms with van der Waals surface area (Å²) < 4.78 is 5.45. The van der Waals surface area contributed by atoms with Crippen molar-refractivity contribution >= 4 is 22.7 Å². The summed E-state index contributed by atoms with van der Waals surface area (Å²) in [5, 5.41) is 0.759. The third-order valence-electron chi connectivity index (χ3n) is 3.78. The van der Waals surface area contributed by atoms with Crippen molar-refractivity contribution in [1.82, 2.24) is 0 Å². The van der Waals surface area contributed by atoms with Gasteiger partial charge in [-0.15, -0.1) is 0 Å². The number of hydrogen-bond acceptors (Lipinski definition) is 1. The summed E-state index contributed by atoms with van der Waals surface area (Å²) >= 11 is 6.45. The molecule has 2 rings (SSSR count). The fourth-order valence-corrected chi connectivity index (χ4v) is 2.72. The number of benzene rings is 2. The van der Waals surface area contributed by atoms with Crippen LogP contribution in [0.15, 0.2) is 48.5 Å². The van der Waals surface area contributed by atoms with E-state index in [1.54, 1.807) is 0 Å². The maximum absolute atomic E-state index is 6.45. The van der Waals surface area contributed by atoms with Gasteiger partial charge in [-0.25, -0.2) is 0 Å². The summed E-state index contributed by atoms with van der Waals surface area (Å²) in [6.07, 6.45) is 6.94. The van der Waals surface area contributed by atoms with Crippen LogP contribution in [0, 0.1) is 0 Å². The van der Waals surface area contributed by atoms with E-state index < -0.39 is 0 Å². The molecule has 0 unspecified atom stereocenters. The van der Waals surface area contributed by atoms with Crippen LogP contribution >= 0.6 is 11.6 Å². The quantitative estimate of drug-likeness (QED) is 0.394. The summed E-state index contributed by atoms with van der Waals surface area (Å²) in [6.45, 7) is 4.89. The fourth-order valence-electron chi connectivity index (χ4n) is 2.47. The number of hydrogen-bond donors (Lipinski definition) is 0. The van der Waals surface area contributed by atoms with Crippen molar-refractivity contribution in [3.63, 3.8) is 0 Å². The van der Waals surface area contributed by atoms with Gasteiger partial charge in [-0.2, -0.15) is 0 Å². The third kappa shape index (κ3) is 5.76. The average molecular weight is 329 g/mol. The molecule has 2 aromatic rings. The van der Waals surface area contributed by atoms with Crippen molar-refractivity contribution in [2.75, 3.05) is 6.61 Å². The Morgan fingerprint density at radius 3 is 2.26 bits per heavy atom. The SMILES string of the molecule is CCCCCc1ccc(/C(Cl)=C/c2ccc(OCC)cc2)cc1. The monoisotopic (exact) mass is 328 g/mol. The molecule has 0 heterocycles. The molecular formula is C21H25ClO. The average Bonchev–Trinajstić information content (AvgIpc) is 2.58. The minimum absolute atomic E-state index is 0.681. The lowest BCUT2D eigenvalue weighted by atomic mass is 10.0. The van der Waals surface area contributed by atoms with Crippen molar-refractivity contribution in [1.29, 1.82) is 0 Å². The van der Waals surface area contributed by atoms with Gasteiger partial charge >= 0.3 is 0 Å². The van der Waals surface area contributed by atoms with Crippen LogP contribution in [0.4, 0.5) is 0 Å². The maximum Gasteiger partial charge on any atom is 0.119 e. The lowest BCUT2D eigenvalue weighted by molar-refractivity contribution is 0.340. The first-order chi connectivity index (χ1) is 11.2. The van der Waals surface area contributed by atoms with E-state index in [1.807, 2.05) is 37.3 Å². The molecule has 0 radical (unpaired) electrons. The lowest BCUT2D eigenvalue weighted by Gasteiger charge is -2.05. The number of ether oxygens (including phenoxy) is 1. The van der Waals surface area contributed by atoms with Gasteiger partial charge in [0.05, 0.1) is 6.61 Å². The Balaban J connectivity index is 2.02. The van der Waals surface area contributed by atoms with Crippen LogP contribution in [0.3, 0.4) is 0 Å². The van der Waals surface area contributed by atoms with Gasteiger partial charge in [0.25, 0.3) is 0 Å². The highest BCUT2D eigenvalue weighted by atomic mass is 35.5. The zero-order valence-corrected chi connectivity index (χ0v) is 14.8. The van der Waals surface area contributed by atoms with Crippen LogP contribution in [-0.4, -0.2) is 6.61 Å². The number of rotatable bonds is 8. The second-order valence-corrected chi connectivity index (χ2v) is 6.06. The molecule has 0 saturated carbocycles. The lowest BCUT2D eigenvalue weighted by Crippen LogP contribution is -1.90. The van der Waals surface area contributed by atoms with Gasteiger partial charge in [-0.05, 0) is 54.7 Å². The molecular weight excluding hydrogens is 304 g/mol. The maximum atomic E-state index is 6.45. The van der Waals surface area contributed by atoms with Gasteiger partial charge in [0.2, 0.25) is 0 Å². The summed E-state index contributed by atoms with van der Waals surface area (Å²) in [5.41, 5.74) is 3.51. The number of unbranched alkanes of at least 4 members (excludes halogenated alkanes) is 2. The predicted molar refractivity (Wildman–Crippen MR) is 101 cm³/mol. The molecule has 0 aliphatic rings. The van der Waals surface area contributed by atoms with Crippen molar-refractivity contribution in [2.45, 2.75) is 39.5 Å². The highest BCUT2D eigenvalue weighted by Gasteiger charge is 2.00. The van der Waals surface area contributed by atoms with Crippen molar-refractivity contribution < 1.29 is 4.74 Å². The van der Waals surface area contributed by atoms with Gasteiger partial charge in [-0.3, -0.25) is 0 Å². The molecule has 1 nitrogen and oxygen atoms in total. The highest BCUT2D eigenvalue weighted by Crippen LogP contribution is 2.24. The first-order valence-electron chi connectivity index (χ1n) is 8.42. The predicted octanol–water partition coefficient (Wildman–Crippen LogP) is 6.55. The van der Waals surface area contributed by atoms with E-state index in [1.165, 1.54) is 24.8 Å². The first-order valence-corrected chi connectivity index (χ1v) is 8.80. The van der Waals surface area contributed by atoms with Crippen LogP contribution in [0.25, 0.3) is 11.1 Å². The molecule has 122 valence electrons. The first kappa shape index (κ1) is 17.6. The van der Waals surface area contributed by atoms with E-state index in [0.717, 1.165) is 28.3 Å². The van der Waals surface area contributed by atoms with Gasteiger partial charge in [0.1, 0.15) is 5.75 Å². The Morgan fingerprint density at radius 2 is 1.65 bits per heavy atom. The van der Waals surface area contributed by atoms with E-state index in [4.69, 9.17) is 16.3 Å². The normalized spacial score (nSPS) is 11.5. The summed E-state index contributed by atoms with van der Waals surface area (Å²) in [6, 6.07) is 16.5. The van der Waals surface area contributed by atoms with Crippen LogP contribution in [0.1, 0.15) is 49.8 Å². The second-order valence-electron chi connectivity index (χ2n) is 5.65. The third-order valence-corrected chi connectivity index (χ3v) is 4.11. The Labute approximate surface area is 145 Å². The molecule has 0 fully saturated rings. The van der Waals surface area contributed by atoms with Gasteiger partial charge in [-0.1, -0.05) is 67.8 Å². The summed E-state index contributed by atoms with van der Waals surface area (Å²) in [7, 11) is 0. The molecule has 0 aromatic heterocycles. The molecule has 0 atom stereocenters. The van der Waals surface area contributed by atoms with Gasteiger partial charge < -0.3 is 4.74 Å². The minimum atomic E-state index is 0.681. The van der Waals surface area contributed by atoms with Crippen molar-refractivity contribution in [3.8, 4) is 5.75 Å². The molecule has 2 heteroatoms. The minimum Gasteiger partial charge on any atom is -0.494 e. The second kappa shape index (κ2) is 9.42. The van der Waals surface area contributed by atoms with Crippen molar-refractivity contribution in [3.05, 3.63) is 65.2 Å². The standard InChI is InChI=1S/C21H25ClO/c1-3-5-6-7-17-8-12-19(13-9-17)21(22)16-18-10-14-20(15-11-18)23-4-2/h8-16H,3-7H2,1-2H3/b21-16-. The number of halogens is 1. The molecule has 0 bridgehead atoms. The Hall–Kier alpha value is -1.73. The van der Waals surface area contributed by atoms with E-state index in [9.17, 15) is 0 Å². The summed E-state index contributed by atoms with van der Waals surface area (Å²) in [5.74, 6) is 0.886. The van der Waals surface area contributed by atoms with Crippen LogP contribution in [0.2, 0.25) is 0 Å². The Kier molecular flexibility index (Phi) is 7.22. The van der Waals surface area contributed by atoms with Crippen molar-refractivity contribution in [2.24, 2.45) is 0 Å². The Morgan fingerprint density at radius 1 is 0.957 bits per heavy atom. The Bertz CT molecular complexity index is 611. The van der Waals surface area contributed by atoms with Gasteiger partial charge in [0.15, 0.2) is 0 Å². The molecule has 0 N–H and O–H groups in total. The van der Waals surface area contributed by atoms with E-state index in [-0.39, 0.29) is 0 Å². The van der Waals surface area contributed by atoms with E-state index in [2.05, 4.69) is 31.2 Å². The van der Waals surface area contributed by atoms with E-state index >= 15 is 0 Å². The zero-order chi connectivity index (χ0) is 16.5. The molecule has 2 aromatic carbocycles. The van der Waals surface area contributed by atoms with Crippen LogP contribution in [-0.2, 0) is 6.42 Å². The zero-order valence-electron chi connectivity index (χ0n) is 14.0. The molecule has 0 amide bonds. The topological polar surface area (TPSA) is 9.23 Å². The molecule has 0 spiro atoms. The molecule has 0 aliphatic heterocycles. The van der Waals surface area contributed by atoms with E-state index in [0.29, 0.717) is 6.61 Å².